The molecule has 0 aliphatic heterocycles. The van der Waals surface area contributed by atoms with Crippen LogP contribution < -0.4 is 5.32 Å². The van der Waals surface area contributed by atoms with Crippen molar-refractivity contribution in [2.45, 2.75) is 18.9 Å². The molecule has 0 spiro atoms. The van der Waals surface area contributed by atoms with Gasteiger partial charge < -0.3 is 10.1 Å². The minimum Gasteiger partial charge on any atom is -0.465 e. The van der Waals surface area contributed by atoms with Gasteiger partial charge in [-0.25, -0.2) is 9.18 Å². The number of nitrogens with zero attached hydrogens (tertiary/aromatic N) is 1. The second-order valence-electron chi connectivity index (χ2n) is 5.89. The topological polar surface area (TPSA) is 98.5 Å². The zero-order valence-electron chi connectivity index (χ0n) is 13.8. The minimum atomic E-state index is -0.781. The Morgan fingerprint density at radius 3 is 2.69 bits per heavy atom. The van der Waals surface area contributed by atoms with Crippen LogP contribution in [-0.2, 0) is 11.2 Å². The van der Waals surface area contributed by atoms with Crippen LogP contribution in [0.1, 0.15) is 44.3 Å². The maximum atomic E-state index is 13.8. The molecule has 8 heteroatoms. The Balaban J connectivity index is 1.89. The van der Waals surface area contributed by atoms with Gasteiger partial charge in [-0.2, -0.15) is 0 Å². The number of rotatable bonds is 4. The van der Waals surface area contributed by atoms with Crippen LogP contribution >= 0.6 is 0 Å². The molecule has 0 bridgehead atoms. The molecule has 7 nitrogen and oxygen atoms in total. The Morgan fingerprint density at radius 1 is 1.27 bits per heavy atom. The van der Waals surface area contributed by atoms with E-state index in [1.54, 1.807) is 12.1 Å². The number of non-ortho nitro benzene ring substituents is 1. The highest BCUT2D eigenvalue weighted by Gasteiger charge is 2.27. The summed E-state index contributed by atoms with van der Waals surface area (Å²) in [4.78, 5) is 34.6. The van der Waals surface area contributed by atoms with Gasteiger partial charge in [-0.3, -0.25) is 14.9 Å². The van der Waals surface area contributed by atoms with E-state index in [1.165, 1.54) is 12.1 Å². The number of amides is 1. The number of nitrogens with one attached hydrogen (secondary N) is 1. The second-order valence-corrected chi connectivity index (χ2v) is 5.89. The van der Waals surface area contributed by atoms with Gasteiger partial charge in [0.25, 0.3) is 11.6 Å². The van der Waals surface area contributed by atoms with Gasteiger partial charge in [-0.05, 0) is 36.1 Å². The first-order valence-corrected chi connectivity index (χ1v) is 7.86. The number of benzene rings is 2. The molecule has 1 aliphatic carbocycles. The number of fused-ring (bicyclic) bond motifs is 1. The lowest BCUT2D eigenvalue weighted by molar-refractivity contribution is -0.384. The van der Waals surface area contributed by atoms with Gasteiger partial charge in [0.2, 0.25) is 0 Å². The number of nitro benzene ring substituents is 1. The highest BCUT2D eigenvalue weighted by molar-refractivity contribution is 5.99. The van der Waals surface area contributed by atoms with E-state index in [0.29, 0.717) is 24.0 Å². The number of hydrogen-bond donors (Lipinski definition) is 1. The lowest BCUT2D eigenvalue weighted by atomic mass is 10.1. The monoisotopic (exact) mass is 358 g/mol. The predicted octanol–water partition coefficient (Wildman–Crippen LogP) is 2.94. The molecule has 134 valence electrons. The molecule has 26 heavy (non-hydrogen) atoms. The summed E-state index contributed by atoms with van der Waals surface area (Å²) in [6.07, 6.45) is 1.02. The summed E-state index contributed by atoms with van der Waals surface area (Å²) in [5.74, 6) is -1.68. The van der Waals surface area contributed by atoms with Crippen molar-refractivity contribution in [1.29, 1.82) is 0 Å². The Kier molecular flexibility index (Phi) is 4.66. The second kappa shape index (κ2) is 6.91. The molecule has 1 amide bonds. The number of methoxy groups -OCH3 is 1. The Morgan fingerprint density at radius 2 is 2.00 bits per heavy atom. The van der Waals surface area contributed by atoms with Gasteiger partial charge in [-0.1, -0.05) is 12.1 Å². The van der Waals surface area contributed by atoms with E-state index in [0.717, 1.165) is 19.2 Å². The summed E-state index contributed by atoms with van der Waals surface area (Å²) in [6, 6.07) is 7.65. The number of esters is 1. The predicted molar refractivity (Wildman–Crippen MR) is 89.4 cm³/mol. The smallest absolute Gasteiger partial charge is 0.338 e. The molecule has 0 saturated heterocycles. The van der Waals surface area contributed by atoms with Crippen LogP contribution in [0.15, 0.2) is 36.4 Å². The first-order chi connectivity index (χ1) is 12.4. The van der Waals surface area contributed by atoms with E-state index in [4.69, 9.17) is 0 Å². The molecule has 0 aromatic heterocycles. The van der Waals surface area contributed by atoms with Gasteiger partial charge in [0.15, 0.2) is 0 Å². The van der Waals surface area contributed by atoms with Crippen molar-refractivity contribution >= 4 is 17.6 Å². The van der Waals surface area contributed by atoms with Crippen LogP contribution in [-0.4, -0.2) is 23.9 Å². The lowest BCUT2D eigenvalue weighted by Gasteiger charge is -2.14. The fourth-order valence-electron chi connectivity index (χ4n) is 3.08. The van der Waals surface area contributed by atoms with E-state index in [-0.39, 0.29) is 16.9 Å². The van der Waals surface area contributed by atoms with Gasteiger partial charge in [-0.15, -0.1) is 0 Å². The number of ether oxygens (including phenoxy) is 1. The lowest BCUT2D eigenvalue weighted by Crippen LogP contribution is -2.27. The third-order valence-electron chi connectivity index (χ3n) is 4.33. The minimum absolute atomic E-state index is 0.0375. The average molecular weight is 358 g/mol. The van der Waals surface area contributed by atoms with Gasteiger partial charge in [0.05, 0.1) is 23.6 Å². The largest absolute Gasteiger partial charge is 0.465 e. The number of nitro groups is 1. The van der Waals surface area contributed by atoms with Crippen molar-refractivity contribution < 1.29 is 23.6 Å². The van der Waals surface area contributed by atoms with Crippen molar-refractivity contribution in [3.05, 3.63) is 74.6 Å². The fourth-order valence-corrected chi connectivity index (χ4v) is 3.08. The summed E-state index contributed by atoms with van der Waals surface area (Å²) >= 11 is 0. The molecular weight excluding hydrogens is 343 g/mol. The Labute approximate surface area is 147 Å². The highest BCUT2D eigenvalue weighted by Crippen LogP contribution is 2.33. The number of hydrogen-bond acceptors (Lipinski definition) is 5. The quantitative estimate of drug-likeness (QED) is 0.515. The molecule has 1 unspecified atom stereocenters. The molecule has 1 atom stereocenters. The molecule has 0 radical (unpaired) electrons. The first kappa shape index (κ1) is 17.5. The van der Waals surface area contributed by atoms with Crippen LogP contribution in [0.5, 0.6) is 0 Å². The highest BCUT2D eigenvalue weighted by atomic mass is 19.1. The van der Waals surface area contributed by atoms with Gasteiger partial charge in [0.1, 0.15) is 5.82 Å². The Hall–Kier alpha value is -3.29. The average Bonchev–Trinajstić information content (AvgIpc) is 3.04. The van der Waals surface area contributed by atoms with Crippen LogP contribution in [0.25, 0.3) is 0 Å². The first-order valence-electron chi connectivity index (χ1n) is 7.86. The number of carbonyl (C=O) groups excluding carboxylic acids is 2. The van der Waals surface area contributed by atoms with E-state index >= 15 is 0 Å². The molecule has 1 N–H and O–H groups in total. The molecular formula is C18H15FN2O5. The third-order valence-corrected chi connectivity index (χ3v) is 4.33. The van der Waals surface area contributed by atoms with Gasteiger partial charge >= 0.3 is 5.97 Å². The van der Waals surface area contributed by atoms with Crippen LogP contribution in [0.4, 0.5) is 10.1 Å². The SMILES string of the molecule is COC(=O)c1cc(C(=O)NC2CCc3c(F)cccc32)cc([N+](=O)[O-])c1. The molecule has 3 rings (SSSR count). The number of carbonyl (C=O) groups is 2. The van der Waals surface area contributed by atoms with Crippen molar-refractivity contribution in [2.24, 2.45) is 0 Å². The van der Waals surface area contributed by atoms with Crippen LogP contribution in [0, 0.1) is 15.9 Å². The molecule has 2 aromatic rings. The molecule has 0 heterocycles. The zero-order chi connectivity index (χ0) is 18.8. The summed E-state index contributed by atoms with van der Waals surface area (Å²) in [5.41, 5.74) is 0.731. The summed E-state index contributed by atoms with van der Waals surface area (Å²) in [5, 5.41) is 13.8. The van der Waals surface area contributed by atoms with Crippen molar-refractivity contribution in [3.63, 3.8) is 0 Å². The normalized spacial score (nSPS) is 15.2. The van der Waals surface area contributed by atoms with Crippen molar-refractivity contribution in [2.75, 3.05) is 7.11 Å². The summed E-state index contributed by atoms with van der Waals surface area (Å²) in [7, 11) is 1.14. The molecule has 0 fully saturated rings. The van der Waals surface area contributed by atoms with Gasteiger partial charge in [0, 0.05) is 17.7 Å². The molecule has 2 aromatic carbocycles. The fraction of sp³-hybridized carbons (Fsp3) is 0.222. The van der Waals surface area contributed by atoms with E-state index in [1.807, 2.05) is 0 Å². The van der Waals surface area contributed by atoms with Crippen LogP contribution in [0.3, 0.4) is 0 Å². The standard InChI is InChI=1S/C18H15FN2O5/c1-26-18(23)11-7-10(8-12(9-11)21(24)25)17(22)20-16-6-5-13-14(16)3-2-4-15(13)19/h2-4,7-9,16H,5-6H2,1H3,(H,20,22). The summed E-state index contributed by atoms with van der Waals surface area (Å²) < 4.78 is 18.4. The maximum absolute atomic E-state index is 13.8. The van der Waals surface area contributed by atoms with E-state index in [9.17, 15) is 24.1 Å². The van der Waals surface area contributed by atoms with E-state index < -0.39 is 28.5 Å². The third kappa shape index (κ3) is 3.26. The van der Waals surface area contributed by atoms with E-state index in [2.05, 4.69) is 10.1 Å². The summed E-state index contributed by atoms with van der Waals surface area (Å²) in [6.45, 7) is 0. The number of halogens is 1. The van der Waals surface area contributed by atoms with Crippen LogP contribution in [0.2, 0.25) is 0 Å². The molecule has 1 aliphatic rings. The Bertz CT molecular complexity index is 912. The maximum Gasteiger partial charge on any atom is 0.338 e. The van der Waals surface area contributed by atoms with Crippen molar-refractivity contribution in [3.8, 4) is 0 Å². The van der Waals surface area contributed by atoms with Crippen molar-refractivity contribution in [1.82, 2.24) is 5.32 Å². The zero-order valence-corrected chi connectivity index (χ0v) is 13.8. The molecule has 0 saturated carbocycles.